The predicted molar refractivity (Wildman–Crippen MR) is 81.7 cm³/mol. The van der Waals surface area contributed by atoms with Crippen LogP contribution in [0.25, 0.3) is 0 Å². The van der Waals surface area contributed by atoms with Crippen molar-refractivity contribution in [2.24, 2.45) is 16.3 Å². The Bertz CT molecular complexity index is 252. The highest BCUT2D eigenvalue weighted by Gasteiger charge is 2.22. The van der Waals surface area contributed by atoms with Crippen molar-refractivity contribution in [2.75, 3.05) is 33.7 Å². The minimum absolute atomic E-state index is 0.208. The van der Waals surface area contributed by atoms with Gasteiger partial charge in [0.1, 0.15) is 5.84 Å². The molecule has 0 rings (SSSR count). The van der Waals surface area contributed by atoms with Crippen molar-refractivity contribution >= 4 is 5.84 Å². The van der Waals surface area contributed by atoms with Gasteiger partial charge in [-0.15, -0.1) is 0 Å². The Morgan fingerprint density at radius 3 is 2.26 bits per heavy atom. The molecule has 0 bridgehead atoms. The third kappa shape index (κ3) is 9.73. The van der Waals surface area contributed by atoms with Gasteiger partial charge in [0.25, 0.3) is 0 Å². The second-order valence-electron chi connectivity index (χ2n) is 6.09. The van der Waals surface area contributed by atoms with Crippen LogP contribution in [0.15, 0.2) is 5.16 Å². The maximum Gasteiger partial charge on any atom is 0.144 e. The number of hydrogen-bond acceptors (Lipinski definition) is 4. The molecule has 4 N–H and O–H groups in total. The normalized spacial score (nSPS) is 13.2. The zero-order valence-electron chi connectivity index (χ0n) is 13.1. The Balaban J connectivity index is 3.41. The van der Waals surface area contributed by atoms with Gasteiger partial charge in [0.15, 0.2) is 0 Å². The smallest absolute Gasteiger partial charge is 0.144 e. The van der Waals surface area contributed by atoms with Crippen LogP contribution in [-0.2, 0) is 0 Å². The molecule has 114 valence electrons. The standard InChI is InChI=1S/C14H32N4O/c1-14(2,13(15)17-19)9-5-6-10-16-11-7-8-12-18(3)4/h16,19H,5-12H2,1-4H3,(H2,15,17). The largest absolute Gasteiger partial charge is 0.409 e. The van der Waals surface area contributed by atoms with Crippen LogP contribution in [0.5, 0.6) is 0 Å². The molecule has 0 atom stereocenters. The molecule has 5 nitrogen and oxygen atoms in total. The minimum atomic E-state index is -0.208. The first-order valence-corrected chi connectivity index (χ1v) is 7.23. The van der Waals surface area contributed by atoms with Crippen molar-refractivity contribution in [3.63, 3.8) is 0 Å². The van der Waals surface area contributed by atoms with E-state index in [2.05, 4.69) is 29.5 Å². The first kappa shape index (κ1) is 18.2. The molecule has 0 aromatic heterocycles. The van der Waals surface area contributed by atoms with E-state index in [1.54, 1.807) is 0 Å². The van der Waals surface area contributed by atoms with Crippen LogP contribution in [0.3, 0.4) is 0 Å². The van der Waals surface area contributed by atoms with Gasteiger partial charge in [-0.2, -0.15) is 0 Å². The van der Waals surface area contributed by atoms with E-state index in [1.807, 2.05) is 13.8 Å². The quantitative estimate of drug-likeness (QED) is 0.176. The molecule has 0 spiro atoms. The fourth-order valence-electron chi connectivity index (χ4n) is 1.88. The summed E-state index contributed by atoms with van der Waals surface area (Å²) in [6.07, 6.45) is 5.65. The van der Waals surface area contributed by atoms with Crippen LogP contribution in [0.1, 0.15) is 46.0 Å². The number of oxime groups is 1. The number of nitrogens with zero attached hydrogens (tertiary/aromatic N) is 2. The van der Waals surface area contributed by atoms with Gasteiger partial charge < -0.3 is 21.2 Å². The lowest BCUT2D eigenvalue weighted by atomic mass is 9.86. The summed E-state index contributed by atoms with van der Waals surface area (Å²) in [6, 6.07) is 0. The second-order valence-corrected chi connectivity index (χ2v) is 6.09. The van der Waals surface area contributed by atoms with E-state index in [0.29, 0.717) is 5.84 Å². The lowest BCUT2D eigenvalue weighted by Gasteiger charge is -2.22. The summed E-state index contributed by atoms with van der Waals surface area (Å²) < 4.78 is 0. The van der Waals surface area contributed by atoms with E-state index in [4.69, 9.17) is 10.9 Å². The average Bonchev–Trinajstić information content (AvgIpc) is 2.35. The average molecular weight is 272 g/mol. The van der Waals surface area contributed by atoms with Crippen LogP contribution in [0.2, 0.25) is 0 Å². The molecule has 0 aliphatic rings. The van der Waals surface area contributed by atoms with Gasteiger partial charge in [-0.05, 0) is 59.4 Å². The van der Waals surface area contributed by atoms with Crippen molar-refractivity contribution in [3.8, 4) is 0 Å². The van der Waals surface area contributed by atoms with Crippen LogP contribution < -0.4 is 11.1 Å². The van der Waals surface area contributed by atoms with Crippen LogP contribution in [-0.4, -0.2) is 49.7 Å². The summed E-state index contributed by atoms with van der Waals surface area (Å²) >= 11 is 0. The number of hydrogen-bond donors (Lipinski definition) is 3. The second kappa shape index (κ2) is 10.0. The number of amidine groups is 1. The third-order valence-corrected chi connectivity index (χ3v) is 3.42. The third-order valence-electron chi connectivity index (χ3n) is 3.42. The molecule has 0 heterocycles. The molecular formula is C14H32N4O. The monoisotopic (exact) mass is 272 g/mol. The molecule has 0 saturated carbocycles. The summed E-state index contributed by atoms with van der Waals surface area (Å²) in [4.78, 5) is 2.22. The number of nitrogens with two attached hydrogens (primary N) is 1. The molecule has 0 fully saturated rings. The van der Waals surface area contributed by atoms with Crippen LogP contribution in [0, 0.1) is 5.41 Å². The highest BCUT2D eigenvalue weighted by Crippen LogP contribution is 2.22. The number of rotatable bonds is 11. The van der Waals surface area contributed by atoms with E-state index in [9.17, 15) is 0 Å². The zero-order chi connectivity index (χ0) is 14.7. The molecular weight excluding hydrogens is 240 g/mol. The summed E-state index contributed by atoms with van der Waals surface area (Å²) in [6.45, 7) is 7.33. The molecule has 0 aromatic carbocycles. The van der Waals surface area contributed by atoms with E-state index >= 15 is 0 Å². The molecule has 19 heavy (non-hydrogen) atoms. The zero-order valence-corrected chi connectivity index (χ0v) is 13.1. The SMILES string of the molecule is CN(C)CCCCNCCCCC(C)(C)C(N)=NO. The number of unbranched alkanes of at least 4 members (excludes halogenated alkanes) is 2. The highest BCUT2D eigenvalue weighted by molar-refractivity contribution is 5.85. The number of nitrogens with one attached hydrogen (secondary N) is 1. The molecule has 0 aliphatic carbocycles. The summed E-state index contributed by atoms with van der Waals surface area (Å²) in [5.41, 5.74) is 5.44. The van der Waals surface area contributed by atoms with E-state index < -0.39 is 0 Å². The first-order valence-electron chi connectivity index (χ1n) is 7.23. The fraction of sp³-hybridized carbons (Fsp3) is 0.929. The van der Waals surface area contributed by atoms with Crippen molar-refractivity contribution in [3.05, 3.63) is 0 Å². The van der Waals surface area contributed by atoms with Crippen LogP contribution in [0.4, 0.5) is 0 Å². The van der Waals surface area contributed by atoms with Gasteiger partial charge in [0.05, 0.1) is 0 Å². The van der Waals surface area contributed by atoms with Gasteiger partial charge in [-0.1, -0.05) is 25.4 Å². The minimum Gasteiger partial charge on any atom is -0.409 e. The van der Waals surface area contributed by atoms with E-state index in [0.717, 1.165) is 38.9 Å². The predicted octanol–water partition coefficient (Wildman–Crippen LogP) is 1.86. The first-order chi connectivity index (χ1) is 8.90. The summed E-state index contributed by atoms with van der Waals surface area (Å²) in [7, 11) is 4.22. The lowest BCUT2D eigenvalue weighted by Crippen LogP contribution is -2.32. The van der Waals surface area contributed by atoms with Crippen molar-refractivity contribution in [1.29, 1.82) is 0 Å². The van der Waals surface area contributed by atoms with Crippen LogP contribution >= 0.6 is 0 Å². The molecule has 0 radical (unpaired) electrons. The molecule has 0 aliphatic heterocycles. The van der Waals surface area contributed by atoms with Crippen molar-refractivity contribution < 1.29 is 5.21 Å². The Kier molecular flexibility index (Phi) is 9.61. The van der Waals surface area contributed by atoms with Crippen molar-refractivity contribution in [1.82, 2.24) is 10.2 Å². The molecule has 0 unspecified atom stereocenters. The Labute approximate surface area is 118 Å². The molecule has 0 amide bonds. The van der Waals surface area contributed by atoms with Gasteiger partial charge in [-0.25, -0.2) is 0 Å². The lowest BCUT2D eigenvalue weighted by molar-refractivity contribution is 0.304. The fourth-order valence-corrected chi connectivity index (χ4v) is 1.88. The summed E-state index contributed by atoms with van der Waals surface area (Å²) in [5, 5.41) is 15.2. The van der Waals surface area contributed by atoms with Gasteiger partial charge in [0, 0.05) is 5.41 Å². The Morgan fingerprint density at radius 2 is 1.74 bits per heavy atom. The topological polar surface area (TPSA) is 73.9 Å². The Morgan fingerprint density at radius 1 is 1.16 bits per heavy atom. The van der Waals surface area contributed by atoms with E-state index in [-0.39, 0.29) is 5.41 Å². The molecule has 0 aromatic rings. The maximum absolute atomic E-state index is 8.68. The Hall–Kier alpha value is -0.810. The van der Waals surface area contributed by atoms with Crippen molar-refractivity contribution in [2.45, 2.75) is 46.0 Å². The van der Waals surface area contributed by atoms with Gasteiger partial charge >= 0.3 is 0 Å². The van der Waals surface area contributed by atoms with Gasteiger partial charge in [-0.3, -0.25) is 0 Å². The highest BCUT2D eigenvalue weighted by atomic mass is 16.4. The summed E-state index contributed by atoms with van der Waals surface area (Å²) in [5.74, 6) is 0.323. The molecule has 5 heteroatoms. The maximum atomic E-state index is 8.68. The van der Waals surface area contributed by atoms with Gasteiger partial charge in [0.2, 0.25) is 0 Å². The van der Waals surface area contributed by atoms with E-state index in [1.165, 1.54) is 12.8 Å². The molecule has 0 saturated heterocycles.